The number of hydrogen-bond acceptors (Lipinski definition) is 6. The van der Waals surface area contributed by atoms with Crippen molar-refractivity contribution in [3.63, 3.8) is 0 Å². The molecular weight excluding hydrogens is 266 g/mol. The van der Waals surface area contributed by atoms with Gasteiger partial charge >= 0.3 is 0 Å². The van der Waals surface area contributed by atoms with Crippen molar-refractivity contribution in [2.75, 3.05) is 30.5 Å². The van der Waals surface area contributed by atoms with Crippen LogP contribution in [0.1, 0.15) is 6.92 Å². The molecule has 0 bridgehead atoms. The quantitative estimate of drug-likeness (QED) is 0.525. The summed E-state index contributed by atoms with van der Waals surface area (Å²) in [7, 11) is 1.71. The van der Waals surface area contributed by atoms with E-state index in [1.54, 1.807) is 24.9 Å². The highest BCUT2D eigenvalue weighted by molar-refractivity contribution is 7.99. The fourth-order valence-electron chi connectivity index (χ4n) is 1.74. The molecule has 1 aromatic carbocycles. The fraction of sp³-hybridized carbons (Fsp3) is 0.500. The van der Waals surface area contributed by atoms with Gasteiger partial charge in [0.15, 0.2) is 0 Å². The van der Waals surface area contributed by atoms with Gasteiger partial charge in [0.2, 0.25) is 0 Å². The van der Waals surface area contributed by atoms with Gasteiger partial charge in [-0.2, -0.15) is 11.8 Å². The van der Waals surface area contributed by atoms with Gasteiger partial charge in [0.1, 0.15) is 0 Å². The lowest BCUT2D eigenvalue weighted by molar-refractivity contribution is -0.384. The monoisotopic (exact) mass is 285 g/mol. The highest BCUT2D eigenvalue weighted by atomic mass is 32.2. The van der Waals surface area contributed by atoms with Crippen LogP contribution in [0.25, 0.3) is 0 Å². The highest BCUT2D eigenvalue weighted by Crippen LogP contribution is 2.25. The molecule has 0 heterocycles. The molecule has 0 saturated heterocycles. The number of hydrogen-bond donors (Lipinski definition) is 3. The molecule has 0 spiro atoms. The van der Waals surface area contributed by atoms with Crippen molar-refractivity contribution in [3.05, 3.63) is 28.3 Å². The predicted molar refractivity (Wildman–Crippen MR) is 80.1 cm³/mol. The van der Waals surface area contributed by atoms with Crippen LogP contribution in [0.3, 0.4) is 0 Å². The Bertz CT molecular complexity index is 438. The predicted octanol–water partition coefficient (Wildman–Crippen LogP) is 2.16. The van der Waals surface area contributed by atoms with Crippen LogP contribution >= 0.6 is 11.8 Å². The van der Waals surface area contributed by atoms with Gasteiger partial charge in [-0.05, 0) is 19.2 Å². The van der Waals surface area contributed by atoms with Crippen molar-refractivity contribution < 1.29 is 10.0 Å². The number of nitrogens with one attached hydrogen (secondary N) is 2. The summed E-state index contributed by atoms with van der Waals surface area (Å²) in [6.07, 6.45) is 1.92. The minimum atomic E-state index is -0.422. The Balaban J connectivity index is 2.93. The summed E-state index contributed by atoms with van der Waals surface area (Å²) < 4.78 is 0. The average molecular weight is 285 g/mol. The molecule has 0 aliphatic heterocycles. The van der Waals surface area contributed by atoms with Crippen LogP contribution in [0, 0.1) is 10.1 Å². The van der Waals surface area contributed by atoms with Crippen molar-refractivity contribution in [2.45, 2.75) is 18.2 Å². The van der Waals surface area contributed by atoms with Gasteiger partial charge < -0.3 is 15.7 Å². The Hall–Kier alpha value is -1.47. The number of nitro groups is 1. The van der Waals surface area contributed by atoms with Crippen LogP contribution in [0.4, 0.5) is 17.1 Å². The summed E-state index contributed by atoms with van der Waals surface area (Å²) in [6.45, 7) is 2.00. The molecule has 0 aromatic heterocycles. The first kappa shape index (κ1) is 15.6. The Kier molecular flexibility index (Phi) is 5.91. The Labute approximate surface area is 116 Å². The summed E-state index contributed by atoms with van der Waals surface area (Å²) in [5, 5.41) is 26.2. The maximum absolute atomic E-state index is 10.9. The van der Waals surface area contributed by atoms with Crippen LogP contribution in [-0.4, -0.2) is 41.2 Å². The molecule has 6 nitrogen and oxygen atoms in total. The molecule has 0 amide bonds. The van der Waals surface area contributed by atoms with Crippen molar-refractivity contribution in [3.8, 4) is 0 Å². The van der Waals surface area contributed by atoms with Crippen LogP contribution in [-0.2, 0) is 0 Å². The number of thioether (sulfide) groups is 1. The van der Waals surface area contributed by atoms with Crippen LogP contribution in [0.2, 0.25) is 0 Å². The molecule has 106 valence electrons. The van der Waals surface area contributed by atoms with E-state index in [0.717, 1.165) is 0 Å². The minimum absolute atomic E-state index is 0.00621. The van der Waals surface area contributed by atoms with E-state index < -0.39 is 4.92 Å². The second kappa shape index (κ2) is 7.20. The first-order valence-corrected chi connectivity index (χ1v) is 7.18. The molecular formula is C12H19N3O3S. The maximum Gasteiger partial charge on any atom is 0.273 e. The smallest absolute Gasteiger partial charge is 0.273 e. The lowest BCUT2D eigenvalue weighted by Crippen LogP contribution is -2.30. The number of aliphatic hydroxyl groups excluding tert-OH is 1. The molecule has 2 atom stereocenters. The van der Waals surface area contributed by atoms with Gasteiger partial charge in [0.05, 0.1) is 11.5 Å². The number of nitrogens with zero attached hydrogens (tertiary/aromatic N) is 1. The maximum atomic E-state index is 10.9. The molecule has 1 aromatic rings. The molecule has 7 heteroatoms. The van der Waals surface area contributed by atoms with E-state index in [0.29, 0.717) is 11.4 Å². The molecule has 2 unspecified atom stereocenters. The Morgan fingerprint density at radius 2 is 2.05 bits per heavy atom. The lowest BCUT2D eigenvalue weighted by Gasteiger charge is -2.22. The van der Waals surface area contributed by atoms with E-state index in [-0.39, 0.29) is 23.6 Å². The molecule has 19 heavy (non-hydrogen) atoms. The molecule has 3 N–H and O–H groups in total. The topological polar surface area (TPSA) is 87.4 Å². The van der Waals surface area contributed by atoms with Gasteiger partial charge in [-0.15, -0.1) is 0 Å². The fourth-order valence-corrected chi connectivity index (χ4v) is 2.36. The normalized spacial score (nSPS) is 13.7. The number of rotatable bonds is 7. The van der Waals surface area contributed by atoms with E-state index >= 15 is 0 Å². The van der Waals surface area contributed by atoms with E-state index in [2.05, 4.69) is 10.6 Å². The van der Waals surface area contributed by atoms with Crippen molar-refractivity contribution in [1.29, 1.82) is 0 Å². The zero-order valence-corrected chi connectivity index (χ0v) is 12.0. The number of nitro benzene ring substituents is 1. The molecule has 0 fully saturated rings. The van der Waals surface area contributed by atoms with Crippen molar-refractivity contribution >= 4 is 28.8 Å². The summed E-state index contributed by atoms with van der Waals surface area (Å²) in [4.78, 5) is 10.4. The third kappa shape index (κ3) is 4.29. The van der Waals surface area contributed by atoms with Crippen molar-refractivity contribution in [2.24, 2.45) is 0 Å². The largest absolute Gasteiger partial charge is 0.395 e. The Morgan fingerprint density at radius 3 is 2.53 bits per heavy atom. The molecule has 1 rings (SSSR count). The van der Waals surface area contributed by atoms with Crippen LogP contribution < -0.4 is 10.6 Å². The number of aliphatic hydroxyl groups is 1. The third-order valence-electron chi connectivity index (χ3n) is 2.85. The second-order valence-electron chi connectivity index (χ2n) is 4.17. The zero-order chi connectivity index (χ0) is 14.4. The van der Waals surface area contributed by atoms with E-state index in [1.165, 1.54) is 12.1 Å². The molecule has 0 aliphatic rings. The van der Waals surface area contributed by atoms with Gasteiger partial charge in [-0.1, -0.05) is 0 Å². The lowest BCUT2D eigenvalue weighted by atomic mass is 10.2. The summed E-state index contributed by atoms with van der Waals surface area (Å²) in [5.74, 6) is 0. The van der Waals surface area contributed by atoms with E-state index in [4.69, 9.17) is 0 Å². The number of benzene rings is 1. The average Bonchev–Trinajstić information content (AvgIpc) is 2.39. The summed E-state index contributed by atoms with van der Waals surface area (Å²) >= 11 is 1.56. The number of non-ortho nitro benzene ring substituents is 1. The second-order valence-corrected chi connectivity index (χ2v) is 5.24. The SMILES string of the molecule is CNc1cc(NC(C)C(CO)SC)cc([N+](=O)[O-])c1. The van der Waals surface area contributed by atoms with Gasteiger partial charge in [0, 0.05) is 41.8 Å². The number of anilines is 2. The van der Waals surface area contributed by atoms with Gasteiger partial charge in [0.25, 0.3) is 5.69 Å². The summed E-state index contributed by atoms with van der Waals surface area (Å²) in [5.41, 5.74) is 1.37. The zero-order valence-electron chi connectivity index (χ0n) is 11.2. The van der Waals surface area contributed by atoms with Crippen LogP contribution in [0.5, 0.6) is 0 Å². The molecule has 0 aliphatic carbocycles. The van der Waals surface area contributed by atoms with Crippen molar-refractivity contribution in [1.82, 2.24) is 0 Å². The molecule has 0 radical (unpaired) electrons. The highest BCUT2D eigenvalue weighted by Gasteiger charge is 2.16. The minimum Gasteiger partial charge on any atom is -0.395 e. The third-order valence-corrected chi connectivity index (χ3v) is 4.01. The van der Waals surface area contributed by atoms with E-state index in [9.17, 15) is 15.2 Å². The van der Waals surface area contributed by atoms with Crippen LogP contribution in [0.15, 0.2) is 18.2 Å². The first-order valence-electron chi connectivity index (χ1n) is 5.89. The molecule has 0 saturated carbocycles. The first-order chi connectivity index (χ1) is 9.01. The summed E-state index contributed by atoms with van der Waals surface area (Å²) in [6, 6.07) is 4.78. The van der Waals surface area contributed by atoms with E-state index in [1.807, 2.05) is 13.2 Å². The standard InChI is InChI=1S/C12H19N3O3S/c1-8(12(7-16)19-3)14-10-4-9(13-2)5-11(6-10)15(17)18/h4-6,8,12-14,16H,7H2,1-3H3. The Morgan fingerprint density at radius 1 is 1.42 bits per heavy atom. The van der Waals surface area contributed by atoms with Gasteiger partial charge in [-0.25, -0.2) is 0 Å². The van der Waals surface area contributed by atoms with Gasteiger partial charge in [-0.3, -0.25) is 10.1 Å².